The molecule has 0 unspecified atom stereocenters. The molecule has 0 radical (unpaired) electrons. The topological polar surface area (TPSA) is 48.0 Å². The van der Waals surface area contributed by atoms with Gasteiger partial charge in [-0.05, 0) is 25.7 Å². The Hall–Kier alpha value is -0.433. The Morgan fingerprint density at radius 1 is 0.633 bits per heavy atom. The quantitative estimate of drug-likeness (QED) is 0.139. The molecule has 0 bridgehead atoms. The Kier molecular flexibility index (Phi) is 20.2. The van der Waals surface area contributed by atoms with E-state index in [2.05, 4.69) is 18.7 Å². The van der Waals surface area contributed by atoms with Crippen molar-refractivity contribution in [1.29, 1.82) is 0 Å². The van der Waals surface area contributed by atoms with E-state index in [9.17, 15) is 4.79 Å². The molecule has 180 valence electrons. The van der Waals surface area contributed by atoms with Crippen LogP contribution in [0.25, 0.3) is 0 Å². The molecule has 0 aromatic rings. The maximum Gasteiger partial charge on any atom is 0.500 e. The Labute approximate surface area is 188 Å². The summed E-state index contributed by atoms with van der Waals surface area (Å²) in [6.07, 6.45) is 17.6. The summed E-state index contributed by atoms with van der Waals surface area (Å²) < 4.78 is 16.4. The minimum absolute atomic E-state index is 0.316. The van der Waals surface area contributed by atoms with Gasteiger partial charge in [-0.2, -0.15) is 0 Å². The van der Waals surface area contributed by atoms with Gasteiger partial charge in [-0.25, -0.2) is 0 Å². The molecular formula is C24H51NO4Si. The van der Waals surface area contributed by atoms with Crippen LogP contribution in [0, 0.1) is 0 Å². The highest BCUT2D eigenvalue weighted by Gasteiger charge is 2.36. The van der Waals surface area contributed by atoms with Crippen LogP contribution in [0.15, 0.2) is 0 Å². The second kappa shape index (κ2) is 20.5. The van der Waals surface area contributed by atoms with Crippen molar-refractivity contribution in [2.45, 2.75) is 116 Å². The van der Waals surface area contributed by atoms with Gasteiger partial charge in [0.05, 0.1) is 0 Å². The predicted molar refractivity (Wildman–Crippen MR) is 129 cm³/mol. The van der Waals surface area contributed by atoms with E-state index in [1.54, 1.807) is 21.3 Å². The molecule has 0 N–H and O–H groups in total. The first-order valence-corrected chi connectivity index (χ1v) is 14.5. The molecule has 0 aliphatic heterocycles. The molecule has 6 heteroatoms. The molecule has 0 aromatic heterocycles. The molecule has 0 heterocycles. The normalized spacial score (nSPS) is 11.8. The second-order valence-corrected chi connectivity index (χ2v) is 11.5. The van der Waals surface area contributed by atoms with Gasteiger partial charge in [0.25, 0.3) is 0 Å². The number of hydrogen-bond donors (Lipinski definition) is 0. The second-order valence-electron chi connectivity index (χ2n) is 8.42. The number of amides is 1. The van der Waals surface area contributed by atoms with E-state index in [1.807, 2.05) is 0 Å². The van der Waals surface area contributed by atoms with Crippen molar-refractivity contribution >= 4 is 14.7 Å². The standard InChI is InChI=1S/C24H51NO4Si/c1-6-8-10-12-14-17-21-25(22-18-15-13-11-9-7-2)24(26)20-16-19-23-30(27-3,28-4)29-5/h6-23H2,1-5H3. The molecule has 30 heavy (non-hydrogen) atoms. The summed E-state index contributed by atoms with van der Waals surface area (Å²) in [5.74, 6) is 0.316. The van der Waals surface area contributed by atoms with E-state index in [-0.39, 0.29) is 0 Å². The van der Waals surface area contributed by atoms with Crippen molar-refractivity contribution < 1.29 is 18.1 Å². The van der Waals surface area contributed by atoms with Crippen molar-refractivity contribution in [3.63, 3.8) is 0 Å². The molecule has 0 spiro atoms. The minimum atomic E-state index is -2.52. The molecule has 0 aliphatic rings. The van der Waals surface area contributed by atoms with Crippen LogP contribution in [0.1, 0.15) is 110 Å². The third kappa shape index (κ3) is 14.6. The van der Waals surface area contributed by atoms with Gasteiger partial charge in [0.15, 0.2) is 0 Å². The van der Waals surface area contributed by atoms with Crippen LogP contribution in [0.2, 0.25) is 6.04 Å². The first kappa shape index (κ1) is 29.6. The summed E-state index contributed by atoms with van der Waals surface area (Å²) in [6.45, 7) is 6.35. The van der Waals surface area contributed by atoms with Crippen LogP contribution in [0.4, 0.5) is 0 Å². The maximum atomic E-state index is 12.9. The van der Waals surface area contributed by atoms with E-state index in [0.29, 0.717) is 12.3 Å². The molecule has 0 atom stereocenters. The van der Waals surface area contributed by atoms with E-state index < -0.39 is 8.80 Å². The average Bonchev–Trinajstić information content (AvgIpc) is 2.77. The molecule has 0 saturated carbocycles. The zero-order chi connectivity index (χ0) is 22.5. The van der Waals surface area contributed by atoms with Gasteiger partial charge in [0, 0.05) is 46.9 Å². The number of carbonyl (C=O) groups excluding carboxylic acids is 1. The number of rotatable bonds is 22. The van der Waals surface area contributed by atoms with Gasteiger partial charge in [-0.3, -0.25) is 4.79 Å². The van der Waals surface area contributed by atoms with Gasteiger partial charge in [0.1, 0.15) is 0 Å². The Balaban J connectivity index is 4.32. The lowest BCUT2D eigenvalue weighted by atomic mass is 10.1. The first-order valence-electron chi connectivity index (χ1n) is 12.5. The predicted octanol–water partition coefficient (Wildman–Crippen LogP) is 6.58. The van der Waals surface area contributed by atoms with Crippen LogP contribution >= 0.6 is 0 Å². The van der Waals surface area contributed by atoms with Crippen LogP contribution in [0.3, 0.4) is 0 Å². The fraction of sp³-hybridized carbons (Fsp3) is 0.958. The zero-order valence-corrected chi connectivity index (χ0v) is 21.8. The minimum Gasteiger partial charge on any atom is -0.377 e. The smallest absolute Gasteiger partial charge is 0.377 e. The molecule has 0 rings (SSSR count). The molecule has 1 amide bonds. The van der Waals surface area contributed by atoms with Gasteiger partial charge in [-0.1, -0.05) is 78.1 Å². The first-order chi connectivity index (χ1) is 14.6. The Bertz CT molecular complexity index is 367. The van der Waals surface area contributed by atoms with Crippen LogP contribution in [-0.2, 0) is 18.1 Å². The highest BCUT2D eigenvalue weighted by molar-refractivity contribution is 6.60. The number of carbonyl (C=O) groups is 1. The lowest BCUT2D eigenvalue weighted by Gasteiger charge is -2.25. The number of nitrogens with zero attached hydrogens (tertiary/aromatic N) is 1. The van der Waals surface area contributed by atoms with Crippen LogP contribution in [-0.4, -0.2) is 54.0 Å². The van der Waals surface area contributed by atoms with Crippen molar-refractivity contribution in [1.82, 2.24) is 4.90 Å². The summed E-state index contributed by atoms with van der Waals surface area (Å²) >= 11 is 0. The zero-order valence-electron chi connectivity index (χ0n) is 20.8. The van der Waals surface area contributed by atoms with Crippen molar-refractivity contribution in [3.05, 3.63) is 0 Å². The summed E-state index contributed by atoms with van der Waals surface area (Å²) in [5.41, 5.74) is 0. The van der Waals surface area contributed by atoms with Gasteiger partial charge in [0.2, 0.25) is 5.91 Å². The van der Waals surface area contributed by atoms with E-state index in [0.717, 1.165) is 44.8 Å². The Morgan fingerprint density at radius 2 is 1.07 bits per heavy atom. The fourth-order valence-corrected chi connectivity index (χ4v) is 5.65. The molecule has 0 aliphatic carbocycles. The number of hydrogen-bond acceptors (Lipinski definition) is 4. The van der Waals surface area contributed by atoms with Crippen molar-refractivity contribution in [2.24, 2.45) is 0 Å². The van der Waals surface area contributed by atoms with Gasteiger partial charge >= 0.3 is 8.80 Å². The molecule has 0 fully saturated rings. The molecule has 0 aromatic carbocycles. The summed E-state index contributed by atoms with van der Waals surface area (Å²) in [7, 11) is 2.42. The Morgan fingerprint density at radius 3 is 1.50 bits per heavy atom. The summed E-state index contributed by atoms with van der Waals surface area (Å²) in [5, 5.41) is 0. The van der Waals surface area contributed by atoms with Crippen LogP contribution < -0.4 is 0 Å². The maximum absolute atomic E-state index is 12.9. The van der Waals surface area contributed by atoms with Gasteiger partial charge in [-0.15, -0.1) is 0 Å². The largest absolute Gasteiger partial charge is 0.500 e. The van der Waals surface area contributed by atoms with E-state index in [4.69, 9.17) is 13.3 Å². The van der Waals surface area contributed by atoms with E-state index >= 15 is 0 Å². The third-order valence-electron chi connectivity index (χ3n) is 5.97. The average molecular weight is 446 g/mol. The van der Waals surface area contributed by atoms with Crippen molar-refractivity contribution in [3.8, 4) is 0 Å². The monoisotopic (exact) mass is 445 g/mol. The summed E-state index contributed by atoms with van der Waals surface area (Å²) in [4.78, 5) is 15.0. The van der Waals surface area contributed by atoms with E-state index in [1.165, 1.54) is 64.2 Å². The molecular weight excluding hydrogens is 394 g/mol. The SMILES string of the molecule is CCCCCCCCN(CCCCCCCC)C(=O)CCCC[Si](OC)(OC)OC. The lowest BCUT2D eigenvalue weighted by Crippen LogP contribution is -2.42. The highest BCUT2D eigenvalue weighted by atomic mass is 28.4. The summed E-state index contributed by atoms with van der Waals surface area (Å²) in [6, 6.07) is 0.763. The lowest BCUT2D eigenvalue weighted by molar-refractivity contribution is -0.131. The van der Waals surface area contributed by atoms with Crippen LogP contribution in [0.5, 0.6) is 0 Å². The van der Waals surface area contributed by atoms with Gasteiger partial charge < -0.3 is 18.2 Å². The molecule has 0 saturated heterocycles. The highest BCUT2D eigenvalue weighted by Crippen LogP contribution is 2.18. The number of unbranched alkanes of at least 4 members (excludes halogenated alkanes) is 11. The van der Waals surface area contributed by atoms with Crippen molar-refractivity contribution in [2.75, 3.05) is 34.4 Å². The molecule has 5 nitrogen and oxygen atoms in total. The fourth-order valence-electron chi connectivity index (χ4n) is 3.86. The third-order valence-corrected chi connectivity index (χ3v) is 8.80.